The van der Waals surface area contributed by atoms with E-state index in [0.29, 0.717) is 34.0 Å². The van der Waals surface area contributed by atoms with E-state index in [4.69, 9.17) is 16.3 Å². The summed E-state index contributed by atoms with van der Waals surface area (Å²) in [4.78, 5) is 43.2. The smallest absolute Gasteiger partial charge is 0.362 e. The van der Waals surface area contributed by atoms with Gasteiger partial charge in [0.2, 0.25) is 5.69 Å². The highest BCUT2D eigenvalue weighted by Crippen LogP contribution is 2.25. The average molecular weight is 480 g/mol. The molecule has 0 bridgehead atoms. The SMILES string of the molecule is CCOC(=O)c1nc2cc(-n3ccc(CNC(=O)Nc4ccc(C)cc4)c3)c(Cl)cc2[nH]c1=O. The van der Waals surface area contributed by atoms with E-state index in [2.05, 4.69) is 20.6 Å². The van der Waals surface area contributed by atoms with E-state index in [-0.39, 0.29) is 18.3 Å². The van der Waals surface area contributed by atoms with Gasteiger partial charge in [-0.05, 0) is 49.7 Å². The monoisotopic (exact) mass is 479 g/mol. The minimum absolute atomic E-state index is 0.132. The Labute approximate surface area is 199 Å². The minimum atomic E-state index is -0.791. The first-order valence-electron chi connectivity index (χ1n) is 10.5. The number of anilines is 1. The van der Waals surface area contributed by atoms with Crippen LogP contribution in [0.15, 0.2) is 59.7 Å². The van der Waals surface area contributed by atoms with Gasteiger partial charge in [-0.2, -0.15) is 0 Å². The predicted molar refractivity (Wildman–Crippen MR) is 130 cm³/mol. The number of hydrogen-bond acceptors (Lipinski definition) is 5. The van der Waals surface area contributed by atoms with E-state index >= 15 is 0 Å². The summed E-state index contributed by atoms with van der Waals surface area (Å²) in [6.07, 6.45) is 3.61. The van der Waals surface area contributed by atoms with Crippen molar-refractivity contribution in [1.29, 1.82) is 0 Å². The lowest BCUT2D eigenvalue weighted by Crippen LogP contribution is -2.28. The van der Waals surface area contributed by atoms with E-state index in [1.54, 1.807) is 29.8 Å². The van der Waals surface area contributed by atoms with Gasteiger partial charge in [0.15, 0.2) is 0 Å². The number of rotatable bonds is 6. The van der Waals surface area contributed by atoms with Crippen LogP contribution in [0, 0.1) is 6.92 Å². The second-order valence-electron chi connectivity index (χ2n) is 7.56. The molecule has 2 aromatic heterocycles. The second-order valence-corrected chi connectivity index (χ2v) is 7.96. The van der Waals surface area contributed by atoms with Crippen LogP contribution >= 0.6 is 11.6 Å². The molecule has 0 spiro atoms. The number of urea groups is 1. The highest BCUT2D eigenvalue weighted by molar-refractivity contribution is 6.33. The summed E-state index contributed by atoms with van der Waals surface area (Å²) >= 11 is 6.44. The maximum Gasteiger partial charge on any atom is 0.362 e. The fourth-order valence-electron chi connectivity index (χ4n) is 3.32. The van der Waals surface area contributed by atoms with Crippen LogP contribution < -0.4 is 16.2 Å². The molecule has 10 heteroatoms. The topological polar surface area (TPSA) is 118 Å². The van der Waals surface area contributed by atoms with Gasteiger partial charge < -0.3 is 24.9 Å². The van der Waals surface area contributed by atoms with Crippen molar-refractivity contribution in [2.24, 2.45) is 0 Å². The van der Waals surface area contributed by atoms with Crippen LogP contribution in [0.1, 0.15) is 28.5 Å². The maximum atomic E-state index is 12.2. The first kappa shape index (κ1) is 23.1. The molecule has 2 amide bonds. The molecule has 34 heavy (non-hydrogen) atoms. The average Bonchev–Trinajstić information content (AvgIpc) is 3.27. The van der Waals surface area contributed by atoms with Gasteiger partial charge in [0, 0.05) is 24.6 Å². The third-order valence-electron chi connectivity index (χ3n) is 5.02. The lowest BCUT2D eigenvalue weighted by atomic mass is 10.2. The summed E-state index contributed by atoms with van der Waals surface area (Å²) in [5.41, 5.74) is 3.07. The zero-order valence-corrected chi connectivity index (χ0v) is 19.3. The number of carbonyl (C=O) groups is 2. The normalized spacial score (nSPS) is 10.8. The molecule has 0 saturated heterocycles. The molecule has 0 aliphatic carbocycles. The van der Waals surface area contributed by atoms with Gasteiger partial charge in [-0.3, -0.25) is 4.79 Å². The molecule has 0 atom stereocenters. The van der Waals surface area contributed by atoms with Crippen molar-refractivity contribution in [3.8, 4) is 5.69 Å². The summed E-state index contributed by atoms with van der Waals surface area (Å²) < 4.78 is 6.67. The number of ether oxygens (including phenoxy) is 1. The summed E-state index contributed by atoms with van der Waals surface area (Å²) in [5.74, 6) is -0.791. The molecule has 174 valence electrons. The molecular weight excluding hydrogens is 458 g/mol. The molecule has 9 nitrogen and oxygen atoms in total. The summed E-state index contributed by atoms with van der Waals surface area (Å²) in [7, 11) is 0. The first-order chi connectivity index (χ1) is 16.3. The molecule has 2 heterocycles. The highest BCUT2D eigenvalue weighted by atomic mass is 35.5. The fraction of sp³-hybridized carbons (Fsp3) is 0.167. The molecule has 0 unspecified atom stereocenters. The zero-order valence-electron chi connectivity index (χ0n) is 18.5. The van der Waals surface area contributed by atoms with Gasteiger partial charge in [0.05, 0.1) is 28.4 Å². The Morgan fingerprint density at radius 2 is 1.94 bits per heavy atom. The molecule has 4 rings (SSSR count). The summed E-state index contributed by atoms with van der Waals surface area (Å²) in [6, 6.07) is 12.3. The number of hydrogen-bond donors (Lipinski definition) is 3. The lowest BCUT2D eigenvalue weighted by molar-refractivity contribution is 0.0517. The van der Waals surface area contributed by atoms with Crippen LogP contribution in [-0.4, -0.2) is 33.1 Å². The second kappa shape index (κ2) is 9.80. The van der Waals surface area contributed by atoms with Gasteiger partial charge >= 0.3 is 12.0 Å². The number of aryl methyl sites for hydroxylation is 1. The Kier molecular flexibility index (Phi) is 6.65. The Balaban J connectivity index is 1.51. The number of nitrogens with zero attached hydrogens (tertiary/aromatic N) is 2. The fourth-order valence-corrected chi connectivity index (χ4v) is 3.58. The standard InChI is InChI=1S/C24H22ClN5O4/c1-3-34-23(32)21-22(31)29-18-10-17(25)20(11-19(18)28-21)30-9-8-15(13-30)12-26-24(33)27-16-6-4-14(2)5-7-16/h4-11,13H,3,12H2,1-2H3,(H,29,31)(H2,26,27,33). The summed E-state index contributed by atoms with van der Waals surface area (Å²) in [5, 5.41) is 5.97. The molecular formula is C24H22ClN5O4. The quantitative estimate of drug-likeness (QED) is 0.359. The van der Waals surface area contributed by atoms with Crippen molar-refractivity contribution < 1.29 is 14.3 Å². The van der Waals surface area contributed by atoms with E-state index in [9.17, 15) is 14.4 Å². The number of H-pyrrole nitrogens is 1. The number of amides is 2. The van der Waals surface area contributed by atoms with Crippen LogP contribution in [0.4, 0.5) is 10.5 Å². The van der Waals surface area contributed by atoms with Gasteiger partial charge in [-0.25, -0.2) is 14.6 Å². The Morgan fingerprint density at radius 1 is 1.18 bits per heavy atom. The van der Waals surface area contributed by atoms with Gasteiger partial charge in [-0.1, -0.05) is 29.3 Å². The van der Waals surface area contributed by atoms with Crippen LogP contribution in [0.5, 0.6) is 0 Å². The van der Waals surface area contributed by atoms with Crippen molar-refractivity contribution in [1.82, 2.24) is 19.9 Å². The van der Waals surface area contributed by atoms with Gasteiger partial charge in [0.1, 0.15) is 0 Å². The van der Waals surface area contributed by atoms with E-state index < -0.39 is 11.5 Å². The Morgan fingerprint density at radius 3 is 2.68 bits per heavy atom. The highest BCUT2D eigenvalue weighted by Gasteiger charge is 2.16. The Hall–Kier alpha value is -4.11. The number of nitrogens with one attached hydrogen (secondary N) is 3. The number of carbonyl (C=O) groups excluding carboxylic acids is 2. The van der Waals surface area contributed by atoms with E-state index in [1.165, 1.54) is 0 Å². The van der Waals surface area contributed by atoms with Gasteiger partial charge in [-0.15, -0.1) is 0 Å². The van der Waals surface area contributed by atoms with Crippen LogP contribution in [0.25, 0.3) is 16.7 Å². The predicted octanol–water partition coefficient (Wildman–Crippen LogP) is 4.17. The molecule has 3 N–H and O–H groups in total. The zero-order chi connectivity index (χ0) is 24.2. The van der Waals surface area contributed by atoms with Crippen LogP contribution in [0.2, 0.25) is 5.02 Å². The van der Waals surface area contributed by atoms with Gasteiger partial charge in [0.25, 0.3) is 5.56 Å². The largest absolute Gasteiger partial charge is 0.461 e. The lowest BCUT2D eigenvalue weighted by Gasteiger charge is -2.09. The van der Waals surface area contributed by atoms with Crippen molar-refractivity contribution in [2.75, 3.05) is 11.9 Å². The number of benzene rings is 2. The molecule has 2 aromatic carbocycles. The van der Waals surface area contributed by atoms with Crippen molar-refractivity contribution in [3.63, 3.8) is 0 Å². The number of aromatic nitrogens is 3. The number of aromatic amines is 1. The van der Waals surface area contributed by atoms with Crippen LogP contribution in [0.3, 0.4) is 0 Å². The molecule has 0 aliphatic rings. The number of fused-ring (bicyclic) bond motifs is 1. The van der Waals surface area contributed by atoms with E-state index in [0.717, 1.165) is 11.1 Å². The number of halogens is 1. The van der Waals surface area contributed by atoms with Crippen molar-refractivity contribution in [3.05, 3.63) is 87.1 Å². The van der Waals surface area contributed by atoms with Crippen molar-refractivity contribution in [2.45, 2.75) is 20.4 Å². The first-order valence-corrected chi connectivity index (χ1v) is 10.9. The summed E-state index contributed by atoms with van der Waals surface area (Å²) in [6.45, 7) is 4.06. The molecule has 0 saturated carbocycles. The third-order valence-corrected chi connectivity index (χ3v) is 5.33. The van der Waals surface area contributed by atoms with Crippen LogP contribution in [-0.2, 0) is 11.3 Å². The molecule has 0 aliphatic heterocycles. The Bertz CT molecular complexity index is 1430. The molecule has 0 fully saturated rings. The van der Waals surface area contributed by atoms with E-state index in [1.807, 2.05) is 43.5 Å². The van der Waals surface area contributed by atoms with Crippen molar-refractivity contribution >= 4 is 40.3 Å². The third kappa shape index (κ3) is 5.10. The number of esters is 1. The molecule has 4 aromatic rings. The minimum Gasteiger partial charge on any atom is -0.461 e. The molecule has 0 radical (unpaired) electrons. The maximum absolute atomic E-state index is 12.2.